The van der Waals surface area contributed by atoms with Crippen LogP contribution in [0, 0.1) is 5.39 Å². The summed E-state index contributed by atoms with van der Waals surface area (Å²) < 4.78 is 0. The van der Waals surface area contributed by atoms with E-state index in [9.17, 15) is 5.11 Å². The van der Waals surface area contributed by atoms with Crippen molar-refractivity contribution in [3.8, 4) is 5.75 Å². The molecule has 0 saturated heterocycles. The number of phenols is 1. The van der Waals surface area contributed by atoms with Crippen molar-refractivity contribution in [3.63, 3.8) is 0 Å². The molecule has 2 aromatic rings. The van der Waals surface area contributed by atoms with Crippen LogP contribution >= 0.6 is 0 Å². The monoisotopic (exact) mass is 258 g/mol. The van der Waals surface area contributed by atoms with Crippen molar-refractivity contribution in [3.05, 3.63) is 41.4 Å². The Morgan fingerprint density at radius 3 is 2.00 bits per heavy atom. The molecule has 0 aliphatic carbocycles. The normalized spacial score (nSPS) is 7.06. The maximum absolute atomic E-state index is 9.35. The van der Waals surface area contributed by atoms with E-state index in [1.807, 2.05) is 18.2 Å². The molecule has 0 radical (unpaired) electrons. The second kappa shape index (κ2) is 9.90. The van der Waals surface area contributed by atoms with Gasteiger partial charge in [0.1, 0.15) is 0 Å². The number of hydrogen-bond donors (Lipinski definition) is 1. The molecule has 0 aliphatic rings. The Hall–Kier alpha value is -2.30. The van der Waals surface area contributed by atoms with E-state index >= 15 is 0 Å². The number of benzene rings is 2. The first kappa shape index (κ1) is 24.8. The Bertz CT molecular complexity index is 519. The minimum absolute atomic E-state index is 0. The quantitative estimate of drug-likeness (QED) is 0.290. The first-order valence-electron chi connectivity index (χ1n) is 3.89. The van der Waals surface area contributed by atoms with Gasteiger partial charge in [0.05, 0.1) is 5.39 Å². The van der Waals surface area contributed by atoms with Crippen LogP contribution < -0.4 is 18.8 Å². The third kappa shape index (κ3) is 3.94. The van der Waals surface area contributed by atoms with E-state index in [1.54, 1.807) is 12.1 Å². The molecule has 0 fully saturated rings. The zero-order chi connectivity index (χ0) is 9.26. The Balaban J connectivity index is -0.000000196. The molecule has 2 aromatic carbocycles. The second-order valence-corrected chi connectivity index (χ2v) is 2.75. The molecular formula is C10H7BF4N2O. The third-order valence-corrected chi connectivity index (χ3v) is 1.98. The molecule has 0 unspecified atom stereocenters. The van der Waals surface area contributed by atoms with Gasteiger partial charge in [-0.25, -0.2) is 0 Å². The van der Waals surface area contributed by atoms with E-state index in [1.165, 1.54) is 6.07 Å². The number of fused-ring (bicyclic) bond motifs is 1. The minimum atomic E-state index is -0.0128. The van der Waals surface area contributed by atoms with E-state index in [0.29, 0.717) is 0 Å². The minimum Gasteiger partial charge on any atom is -1.00 e. The van der Waals surface area contributed by atoms with Gasteiger partial charge in [0.2, 0.25) is 11.1 Å². The van der Waals surface area contributed by atoms with E-state index in [0.717, 1.165) is 10.8 Å². The van der Waals surface area contributed by atoms with E-state index in [4.69, 9.17) is 5.39 Å². The van der Waals surface area contributed by atoms with E-state index in [-0.39, 0.29) is 38.7 Å². The van der Waals surface area contributed by atoms with Crippen LogP contribution in [0.5, 0.6) is 5.75 Å². The molecule has 0 aromatic heterocycles. The van der Waals surface area contributed by atoms with Gasteiger partial charge in [0, 0.05) is 0 Å². The summed E-state index contributed by atoms with van der Waals surface area (Å²) in [5.74, 6) is -0.0128. The Morgan fingerprint density at radius 2 is 1.44 bits per heavy atom. The molecule has 0 atom stereocenters. The average Bonchev–Trinajstić information content (AvgIpc) is 2.18. The van der Waals surface area contributed by atoms with Crippen LogP contribution in [0.2, 0.25) is 0 Å². The maximum Gasteiger partial charge on any atom is 3.00 e. The van der Waals surface area contributed by atoms with Crippen LogP contribution in [0.1, 0.15) is 0 Å². The van der Waals surface area contributed by atoms with E-state index in [2.05, 4.69) is 4.98 Å². The molecule has 8 heteroatoms. The zero-order valence-corrected chi connectivity index (χ0v) is 8.89. The summed E-state index contributed by atoms with van der Waals surface area (Å²) in [4.78, 5) is 3.05. The largest absolute Gasteiger partial charge is 3.00 e. The van der Waals surface area contributed by atoms with Crippen LogP contribution in [-0.2, 0) is 0 Å². The van der Waals surface area contributed by atoms with Gasteiger partial charge in [-0.2, -0.15) is 0 Å². The van der Waals surface area contributed by atoms with Crippen LogP contribution in [0.15, 0.2) is 36.4 Å². The SMILES string of the molecule is N#[N+]c1c(O)ccc2ccccc12.[B+3].[F-].[F-].[F-].[F-]. The summed E-state index contributed by atoms with van der Waals surface area (Å²) in [5.41, 5.74) is 0.220. The smallest absolute Gasteiger partial charge is 1.00 e. The molecular weight excluding hydrogens is 251 g/mol. The molecule has 1 N–H and O–H groups in total. The number of diazo groups is 1. The number of phenolic OH excluding ortho intramolecular Hbond substituents is 1. The van der Waals surface area contributed by atoms with Gasteiger partial charge in [-0.3, -0.25) is 0 Å². The average molecular weight is 258 g/mol. The van der Waals surface area contributed by atoms with Crippen LogP contribution in [0.3, 0.4) is 0 Å². The van der Waals surface area contributed by atoms with Crippen LogP contribution in [0.25, 0.3) is 15.7 Å². The fourth-order valence-corrected chi connectivity index (χ4v) is 1.35. The van der Waals surface area contributed by atoms with Crippen molar-refractivity contribution in [1.29, 1.82) is 5.39 Å². The van der Waals surface area contributed by atoms with Crippen molar-refractivity contribution in [2.45, 2.75) is 0 Å². The molecule has 0 heterocycles. The summed E-state index contributed by atoms with van der Waals surface area (Å²) >= 11 is 0. The van der Waals surface area contributed by atoms with Gasteiger partial charge in [0.25, 0.3) is 0 Å². The maximum atomic E-state index is 9.35. The van der Waals surface area contributed by atoms with Gasteiger partial charge < -0.3 is 23.9 Å². The summed E-state index contributed by atoms with van der Waals surface area (Å²) in [5, 5.41) is 19.7. The Kier molecular flexibility index (Phi) is 13.6. The summed E-state index contributed by atoms with van der Waals surface area (Å²) in [6, 6.07) is 10.7. The van der Waals surface area contributed by atoms with Gasteiger partial charge in [0.15, 0.2) is 4.98 Å². The molecule has 0 aliphatic heterocycles. The van der Waals surface area contributed by atoms with Crippen molar-refractivity contribution in [2.75, 3.05) is 0 Å². The zero-order valence-electron chi connectivity index (χ0n) is 8.89. The Morgan fingerprint density at radius 1 is 0.889 bits per heavy atom. The molecule has 0 saturated carbocycles. The molecule has 3 nitrogen and oxygen atoms in total. The van der Waals surface area contributed by atoms with Crippen molar-refractivity contribution in [1.82, 2.24) is 0 Å². The number of hydrogen-bond acceptors (Lipinski definition) is 2. The van der Waals surface area contributed by atoms with Crippen molar-refractivity contribution in [2.24, 2.45) is 0 Å². The van der Waals surface area contributed by atoms with Crippen molar-refractivity contribution >= 4 is 24.9 Å². The predicted octanol–water partition coefficient (Wildman–Crippen LogP) is -9.33. The summed E-state index contributed by atoms with van der Waals surface area (Å²) in [6.07, 6.45) is 0. The second-order valence-electron chi connectivity index (χ2n) is 2.75. The number of halogens is 4. The first-order chi connectivity index (χ1) is 6.33. The van der Waals surface area contributed by atoms with Crippen molar-refractivity contribution < 1.29 is 23.9 Å². The van der Waals surface area contributed by atoms with Crippen LogP contribution in [0.4, 0.5) is 5.69 Å². The number of nitrogens with zero attached hydrogens (tertiary/aromatic N) is 2. The van der Waals surface area contributed by atoms with Gasteiger partial charge >= 0.3 is 14.1 Å². The first-order valence-corrected chi connectivity index (χ1v) is 3.89. The van der Waals surface area contributed by atoms with Gasteiger partial charge in [-0.15, -0.1) is 0 Å². The number of rotatable bonds is 0. The summed E-state index contributed by atoms with van der Waals surface area (Å²) in [6.45, 7) is 0. The fraction of sp³-hybridized carbons (Fsp3) is 0. The molecule has 18 heavy (non-hydrogen) atoms. The van der Waals surface area contributed by atoms with Crippen LogP contribution in [-0.4, -0.2) is 13.5 Å². The molecule has 94 valence electrons. The topological polar surface area (TPSA) is 48.4 Å². The van der Waals surface area contributed by atoms with Gasteiger partial charge in [-0.1, -0.05) is 24.3 Å². The fourth-order valence-electron chi connectivity index (χ4n) is 1.35. The molecule has 0 amide bonds. The molecule has 2 rings (SSSR count). The third-order valence-electron chi connectivity index (χ3n) is 1.98. The number of aromatic hydroxyl groups is 1. The van der Waals surface area contributed by atoms with Gasteiger partial charge in [-0.05, 0) is 17.5 Å². The standard InChI is InChI=1S/C10H6N2O.B.4FH/c11-12-10-8-4-2-1-3-7(8)5-6-9(10)13;;;;;/h1-6H;;4*1H/q;+3;;;;/p-3. The predicted molar refractivity (Wildman–Crippen MR) is 56.1 cm³/mol. The molecule has 0 bridgehead atoms. The van der Waals surface area contributed by atoms with E-state index < -0.39 is 0 Å². The molecule has 0 spiro atoms. The Labute approximate surface area is 102 Å². The summed E-state index contributed by atoms with van der Waals surface area (Å²) in [7, 11) is 0.